The van der Waals surface area contributed by atoms with Crippen molar-refractivity contribution in [1.82, 2.24) is 4.98 Å². The van der Waals surface area contributed by atoms with Crippen LogP contribution < -0.4 is 5.73 Å². The molecule has 0 aliphatic heterocycles. The molecule has 1 heterocycles. The third-order valence-corrected chi connectivity index (χ3v) is 2.60. The van der Waals surface area contributed by atoms with Gasteiger partial charge < -0.3 is 5.73 Å². The molecule has 2 rings (SSSR count). The van der Waals surface area contributed by atoms with E-state index < -0.39 is 0 Å². The van der Waals surface area contributed by atoms with Gasteiger partial charge in [-0.1, -0.05) is 30.3 Å². The lowest BCUT2D eigenvalue weighted by Gasteiger charge is -2.07. The maximum atomic E-state index is 5.81. The number of benzene rings is 1. The minimum atomic E-state index is 0.767. The molecule has 0 radical (unpaired) electrons. The molecule has 0 spiro atoms. The van der Waals surface area contributed by atoms with Crippen LogP contribution in [-0.4, -0.2) is 4.98 Å². The lowest BCUT2D eigenvalue weighted by molar-refractivity contribution is 1.11. The van der Waals surface area contributed by atoms with Crippen molar-refractivity contribution in [1.29, 1.82) is 0 Å². The van der Waals surface area contributed by atoms with E-state index in [0.29, 0.717) is 0 Å². The molecular formula is C13H14N2. The van der Waals surface area contributed by atoms with Crippen LogP contribution in [0.5, 0.6) is 0 Å². The topological polar surface area (TPSA) is 38.9 Å². The lowest BCUT2D eigenvalue weighted by atomic mass is 10.0. The summed E-state index contributed by atoms with van der Waals surface area (Å²) in [6.45, 7) is 2.04. The number of hydrogen-bond donors (Lipinski definition) is 1. The van der Waals surface area contributed by atoms with Gasteiger partial charge in [-0.25, -0.2) is 0 Å². The number of rotatable bonds is 2. The van der Waals surface area contributed by atoms with Crippen LogP contribution in [-0.2, 0) is 6.42 Å². The molecule has 0 fully saturated rings. The highest BCUT2D eigenvalue weighted by atomic mass is 14.7. The van der Waals surface area contributed by atoms with Crippen LogP contribution in [0.15, 0.2) is 42.7 Å². The Morgan fingerprint density at radius 3 is 2.60 bits per heavy atom. The zero-order valence-corrected chi connectivity index (χ0v) is 8.77. The zero-order valence-electron chi connectivity index (χ0n) is 8.77. The lowest BCUT2D eigenvalue weighted by Crippen LogP contribution is -1.98. The SMILES string of the molecule is Cc1c(N)cncc1Cc1ccccc1. The molecule has 0 aliphatic carbocycles. The second-order valence-electron chi connectivity index (χ2n) is 3.68. The molecule has 2 aromatic rings. The summed E-state index contributed by atoms with van der Waals surface area (Å²) in [6.07, 6.45) is 4.48. The first kappa shape index (κ1) is 9.71. The van der Waals surface area contributed by atoms with E-state index in [4.69, 9.17) is 5.73 Å². The Kier molecular flexibility index (Phi) is 2.68. The maximum absolute atomic E-state index is 5.81. The van der Waals surface area contributed by atoms with Gasteiger partial charge in [0.25, 0.3) is 0 Å². The maximum Gasteiger partial charge on any atom is 0.0533 e. The van der Waals surface area contributed by atoms with Crippen molar-refractivity contribution in [2.45, 2.75) is 13.3 Å². The highest BCUT2D eigenvalue weighted by molar-refractivity contribution is 5.48. The van der Waals surface area contributed by atoms with Gasteiger partial charge in [-0.15, -0.1) is 0 Å². The Balaban J connectivity index is 2.29. The summed E-state index contributed by atoms with van der Waals surface area (Å²) in [5, 5.41) is 0. The highest BCUT2D eigenvalue weighted by Gasteiger charge is 2.02. The Labute approximate surface area is 89.8 Å². The Morgan fingerprint density at radius 2 is 1.87 bits per heavy atom. The fourth-order valence-corrected chi connectivity index (χ4v) is 1.58. The first-order valence-electron chi connectivity index (χ1n) is 5.00. The van der Waals surface area contributed by atoms with Gasteiger partial charge in [0.1, 0.15) is 0 Å². The van der Waals surface area contributed by atoms with E-state index in [9.17, 15) is 0 Å². The van der Waals surface area contributed by atoms with Crippen LogP contribution in [0.25, 0.3) is 0 Å². The van der Waals surface area contributed by atoms with Crippen molar-refractivity contribution in [3.8, 4) is 0 Å². The fraction of sp³-hybridized carbons (Fsp3) is 0.154. The van der Waals surface area contributed by atoms with Crippen molar-refractivity contribution in [3.63, 3.8) is 0 Å². The monoisotopic (exact) mass is 198 g/mol. The molecule has 0 saturated carbocycles. The van der Waals surface area contributed by atoms with E-state index in [2.05, 4.69) is 17.1 Å². The molecule has 0 unspecified atom stereocenters. The van der Waals surface area contributed by atoms with E-state index in [-0.39, 0.29) is 0 Å². The van der Waals surface area contributed by atoms with E-state index in [1.807, 2.05) is 31.3 Å². The molecule has 2 heteroatoms. The van der Waals surface area contributed by atoms with E-state index in [1.54, 1.807) is 6.20 Å². The summed E-state index contributed by atoms with van der Waals surface area (Å²) in [4.78, 5) is 4.12. The minimum Gasteiger partial charge on any atom is -0.397 e. The quantitative estimate of drug-likeness (QED) is 0.805. The molecule has 0 saturated heterocycles. The molecule has 0 amide bonds. The number of aromatic nitrogens is 1. The molecule has 1 aromatic heterocycles. The van der Waals surface area contributed by atoms with Crippen LogP contribution in [0.3, 0.4) is 0 Å². The number of pyridine rings is 1. The van der Waals surface area contributed by atoms with Crippen molar-refractivity contribution in [2.24, 2.45) is 0 Å². The van der Waals surface area contributed by atoms with Crippen molar-refractivity contribution in [3.05, 3.63) is 59.4 Å². The van der Waals surface area contributed by atoms with Crippen LogP contribution in [0.1, 0.15) is 16.7 Å². The molecule has 2 N–H and O–H groups in total. The van der Waals surface area contributed by atoms with Crippen LogP contribution in [0.4, 0.5) is 5.69 Å². The number of nitrogens with zero attached hydrogens (tertiary/aromatic N) is 1. The predicted octanol–water partition coefficient (Wildman–Crippen LogP) is 2.56. The van der Waals surface area contributed by atoms with Crippen LogP contribution >= 0.6 is 0 Å². The van der Waals surface area contributed by atoms with E-state index in [0.717, 1.165) is 17.7 Å². The molecule has 0 atom stereocenters. The second kappa shape index (κ2) is 4.13. The van der Waals surface area contributed by atoms with Crippen LogP contribution in [0, 0.1) is 6.92 Å². The standard InChI is InChI=1S/C13H14N2/c1-10-12(8-15-9-13(10)14)7-11-5-3-2-4-6-11/h2-6,8-9H,7,14H2,1H3. The molecule has 2 nitrogen and oxygen atoms in total. The molecule has 0 aliphatic rings. The zero-order chi connectivity index (χ0) is 10.7. The third kappa shape index (κ3) is 2.15. The smallest absolute Gasteiger partial charge is 0.0533 e. The van der Waals surface area contributed by atoms with Crippen molar-refractivity contribution in [2.75, 3.05) is 5.73 Å². The Morgan fingerprint density at radius 1 is 1.13 bits per heavy atom. The molecule has 76 valence electrons. The molecule has 0 bridgehead atoms. The first-order valence-corrected chi connectivity index (χ1v) is 5.00. The van der Waals surface area contributed by atoms with Gasteiger partial charge in [-0.2, -0.15) is 0 Å². The second-order valence-corrected chi connectivity index (χ2v) is 3.68. The minimum absolute atomic E-state index is 0.767. The summed E-state index contributed by atoms with van der Waals surface area (Å²) >= 11 is 0. The van der Waals surface area contributed by atoms with Crippen LogP contribution in [0.2, 0.25) is 0 Å². The number of hydrogen-bond acceptors (Lipinski definition) is 2. The van der Waals surface area contributed by atoms with E-state index in [1.165, 1.54) is 11.1 Å². The summed E-state index contributed by atoms with van der Waals surface area (Å²) in [7, 11) is 0. The average Bonchev–Trinajstić information content (AvgIpc) is 2.26. The molecular weight excluding hydrogens is 184 g/mol. The normalized spacial score (nSPS) is 10.2. The number of nitrogen functional groups attached to an aromatic ring is 1. The van der Waals surface area contributed by atoms with Crippen molar-refractivity contribution >= 4 is 5.69 Å². The average molecular weight is 198 g/mol. The van der Waals surface area contributed by atoms with Gasteiger partial charge in [0.2, 0.25) is 0 Å². The van der Waals surface area contributed by atoms with Gasteiger partial charge >= 0.3 is 0 Å². The largest absolute Gasteiger partial charge is 0.397 e. The number of nitrogens with two attached hydrogens (primary N) is 1. The Bertz CT molecular complexity index is 449. The van der Waals surface area contributed by atoms with E-state index >= 15 is 0 Å². The summed E-state index contributed by atoms with van der Waals surface area (Å²) in [5.74, 6) is 0. The van der Waals surface area contributed by atoms with Gasteiger partial charge in [-0.3, -0.25) is 4.98 Å². The highest BCUT2D eigenvalue weighted by Crippen LogP contribution is 2.17. The van der Waals surface area contributed by atoms with Gasteiger partial charge in [-0.05, 0) is 30.0 Å². The van der Waals surface area contributed by atoms with Crippen molar-refractivity contribution < 1.29 is 0 Å². The van der Waals surface area contributed by atoms with Gasteiger partial charge in [0.05, 0.1) is 11.9 Å². The first-order chi connectivity index (χ1) is 7.27. The fourth-order valence-electron chi connectivity index (χ4n) is 1.58. The van der Waals surface area contributed by atoms with Gasteiger partial charge in [0, 0.05) is 6.20 Å². The predicted molar refractivity (Wildman–Crippen MR) is 62.6 cm³/mol. The molecule has 1 aromatic carbocycles. The Hall–Kier alpha value is -1.83. The summed E-state index contributed by atoms with van der Waals surface area (Å²) in [5.41, 5.74) is 10.2. The third-order valence-electron chi connectivity index (χ3n) is 2.60. The van der Waals surface area contributed by atoms with Gasteiger partial charge in [0.15, 0.2) is 0 Å². The summed E-state index contributed by atoms with van der Waals surface area (Å²) < 4.78 is 0. The molecule has 15 heavy (non-hydrogen) atoms. The summed E-state index contributed by atoms with van der Waals surface area (Å²) in [6, 6.07) is 10.3. The number of anilines is 1.